The molecule has 0 atom stereocenters. The lowest BCUT2D eigenvalue weighted by atomic mass is 10.2. The van der Waals surface area contributed by atoms with E-state index in [1.165, 1.54) is 0 Å². The Labute approximate surface area is 147 Å². The van der Waals surface area contributed by atoms with Gasteiger partial charge in [-0.15, -0.1) is 22.7 Å². The molecule has 0 amide bonds. The summed E-state index contributed by atoms with van der Waals surface area (Å²) in [6.07, 6.45) is 6.13. The van der Waals surface area contributed by atoms with Gasteiger partial charge in [0.05, 0.1) is 6.26 Å². The summed E-state index contributed by atoms with van der Waals surface area (Å²) in [5, 5.41) is 8.16. The number of thiazole rings is 1. The van der Waals surface area contributed by atoms with Crippen LogP contribution in [-0.4, -0.2) is 21.5 Å². The maximum atomic E-state index is 5.33. The fourth-order valence-corrected chi connectivity index (χ4v) is 3.71. The number of nitrogens with zero attached hydrogens (tertiary/aromatic N) is 3. The van der Waals surface area contributed by atoms with Gasteiger partial charge in [-0.25, -0.2) is 15.0 Å². The van der Waals surface area contributed by atoms with Crippen LogP contribution >= 0.6 is 22.7 Å². The lowest BCUT2D eigenvalue weighted by Gasteiger charge is -2.08. The fraction of sp³-hybridized carbons (Fsp3) is 0.118. The van der Waals surface area contributed by atoms with Crippen LogP contribution in [0.25, 0.3) is 21.1 Å². The van der Waals surface area contributed by atoms with Gasteiger partial charge in [0.2, 0.25) is 5.95 Å². The highest BCUT2D eigenvalue weighted by Gasteiger charge is 2.14. The van der Waals surface area contributed by atoms with E-state index in [0.717, 1.165) is 33.3 Å². The first-order chi connectivity index (χ1) is 11.9. The predicted molar refractivity (Wildman–Crippen MR) is 97.4 cm³/mol. The van der Waals surface area contributed by atoms with Crippen LogP contribution in [0.15, 0.2) is 58.1 Å². The number of thiophene rings is 1. The van der Waals surface area contributed by atoms with Crippen molar-refractivity contribution in [2.24, 2.45) is 0 Å². The predicted octanol–water partition coefficient (Wildman–Crippen LogP) is 4.58. The Morgan fingerprint density at radius 2 is 2.08 bits per heavy atom. The molecule has 7 heteroatoms. The van der Waals surface area contributed by atoms with Crippen molar-refractivity contribution in [1.82, 2.24) is 15.0 Å². The number of rotatable bonds is 6. The second kappa shape index (κ2) is 6.94. The largest absolute Gasteiger partial charge is 0.469 e. The summed E-state index contributed by atoms with van der Waals surface area (Å²) in [6.45, 7) is 0.711. The van der Waals surface area contributed by atoms with E-state index < -0.39 is 0 Å². The Bertz CT molecular complexity index is 887. The molecule has 4 aromatic rings. The van der Waals surface area contributed by atoms with E-state index >= 15 is 0 Å². The second-order valence-corrected chi connectivity index (χ2v) is 6.87. The highest BCUT2D eigenvalue weighted by atomic mass is 32.1. The standard InChI is InChI=1S/C17H14N4OS2/c1-3-12(22-8-1)5-6-19-17-20-11-13(14-4-2-9-23-14)15(21-17)16-18-7-10-24-16/h1-4,7-11H,5-6H2,(H,19,20,21). The smallest absolute Gasteiger partial charge is 0.223 e. The number of hydrogen-bond donors (Lipinski definition) is 1. The molecule has 0 saturated carbocycles. The van der Waals surface area contributed by atoms with Crippen LogP contribution in [0.4, 0.5) is 5.95 Å². The quantitative estimate of drug-likeness (QED) is 0.549. The minimum absolute atomic E-state index is 0.604. The van der Waals surface area contributed by atoms with Crippen molar-refractivity contribution in [2.45, 2.75) is 6.42 Å². The molecular formula is C17H14N4OS2. The summed E-state index contributed by atoms with van der Waals surface area (Å²) >= 11 is 3.25. The van der Waals surface area contributed by atoms with Crippen molar-refractivity contribution in [1.29, 1.82) is 0 Å². The number of hydrogen-bond acceptors (Lipinski definition) is 7. The summed E-state index contributed by atoms with van der Waals surface area (Å²) < 4.78 is 5.33. The Kier molecular flexibility index (Phi) is 4.35. The third-order valence-corrected chi connectivity index (χ3v) is 5.13. The molecule has 0 aliphatic carbocycles. The van der Waals surface area contributed by atoms with Crippen LogP contribution in [0.3, 0.4) is 0 Å². The highest BCUT2D eigenvalue weighted by molar-refractivity contribution is 7.14. The Balaban J connectivity index is 1.59. The zero-order valence-corrected chi connectivity index (χ0v) is 14.3. The van der Waals surface area contributed by atoms with Crippen molar-refractivity contribution < 1.29 is 4.42 Å². The molecule has 0 aromatic carbocycles. The zero-order valence-electron chi connectivity index (χ0n) is 12.7. The molecule has 4 rings (SSSR count). The van der Waals surface area contributed by atoms with Crippen molar-refractivity contribution in [3.8, 4) is 21.1 Å². The molecule has 0 unspecified atom stereocenters. The van der Waals surface area contributed by atoms with Gasteiger partial charge in [0.25, 0.3) is 0 Å². The molecule has 0 radical (unpaired) electrons. The van der Waals surface area contributed by atoms with E-state index in [4.69, 9.17) is 9.40 Å². The molecule has 0 saturated heterocycles. The molecule has 5 nitrogen and oxygen atoms in total. The number of nitrogens with one attached hydrogen (secondary N) is 1. The fourth-order valence-electron chi connectivity index (χ4n) is 2.33. The van der Waals surface area contributed by atoms with Gasteiger partial charge in [-0.05, 0) is 23.6 Å². The van der Waals surface area contributed by atoms with Gasteiger partial charge in [0.1, 0.15) is 16.5 Å². The highest BCUT2D eigenvalue weighted by Crippen LogP contribution is 2.34. The average Bonchev–Trinajstić information content (AvgIpc) is 3.36. The normalized spacial score (nSPS) is 10.8. The molecule has 4 heterocycles. The lowest BCUT2D eigenvalue weighted by Crippen LogP contribution is -2.08. The average molecular weight is 354 g/mol. The van der Waals surface area contributed by atoms with Gasteiger partial charge < -0.3 is 9.73 Å². The van der Waals surface area contributed by atoms with Gasteiger partial charge in [0, 0.05) is 41.2 Å². The van der Waals surface area contributed by atoms with Crippen molar-refractivity contribution in [3.05, 3.63) is 59.4 Å². The Morgan fingerprint density at radius 3 is 2.83 bits per heavy atom. The van der Waals surface area contributed by atoms with Crippen molar-refractivity contribution in [2.75, 3.05) is 11.9 Å². The van der Waals surface area contributed by atoms with Gasteiger partial charge in [-0.3, -0.25) is 0 Å². The van der Waals surface area contributed by atoms with E-state index in [-0.39, 0.29) is 0 Å². The number of anilines is 1. The molecule has 0 aliphatic heterocycles. The summed E-state index contributed by atoms with van der Waals surface area (Å²) in [7, 11) is 0. The maximum Gasteiger partial charge on any atom is 0.223 e. The molecular weight excluding hydrogens is 340 g/mol. The van der Waals surface area contributed by atoms with Crippen LogP contribution < -0.4 is 5.32 Å². The third-order valence-electron chi connectivity index (χ3n) is 3.44. The second-order valence-electron chi connectivity index (χ2n) is 5.03. The Hall–Kier alpha value is -2.51. The molecule has 1 N–H and O–H groups in total. The molecule has 0 fully saturated rings. The van der Waals surface area contributed by atoms with E-state index in [1.807, 2.05) is 29.8 Å². The van der Waals surface area contributed by atoms with E-state index in [1.54, 1.807) is 35.1 Å². The zero-order chi connectivity index (χ0) is 16.2. The van der Waals surface area contributed by atoms with Crippen LogP contribution in [0.5, 0.6) is 0 Å². The minimum Gasteiger partial charge on any atom is -0.469 e. The van der Waals surface area contributed by atoms with Crippen molar-refractivity contribution >= 4 is 28.6 Å². The van der Waals surface area contributed by atoms with Gasteiger partial charge >= 0.3 is 0 Å². The van der Waals surface area contributed by atoms with Crippen molar-refractivity contribution in [3.63, 3.8) is 0 Å². The summed E-state index contributed by atoms with van der Waals surface area (Å²) in [6, 6.07) is 7.96. The number of furan rings is 1. The van der Waals surface area contributed by atoms with Gasteiger partial charge in [0.15, 0.2) is 0 Å². The first-order valence-corrected chi connectivity index (χ1v) is 9.23. The number of aromatic nitrogens is 3. The lowest BCUT2D eigenvalue weighted by molar-refractivity contribution is 0.512. The molecule has 120 valence electrons. The third kappa shape index (κ3) is 3.22. The molecule has 0 aliphatic rings. The molecule has 4 aromatic heterocycles. The van der Waals surface area contributed by atoms with Crippen LogP contribution in [0.2, 0.25) is 0 Å². The van der Waals surface area contributed by atoms with E-state index in [0.29, 0.717) is 12.5 Å². The maximum absolute atomic E-state index is 5.33. The summed E-state index contributed by atoms with van der Waals surface area (Å²) in [4.78, 5) is 14.7. The Morgan fingerprint density at radius 1 is 1.08 bits per heavy atom. The SMILES string of the molecule is c1coc(CCNc2ncc(-c3cccs3)c(-c3nccs3)n2)c1. The summed E-state index contributed by atoms with van der Waals surface area (Å²) in [5.41, 5.74) is 1.87. The van der Waals surface area contributed by atoms with Gasteiger partial charge in [-0.2, -0.15) is 0 Å². The first kappa shape index (κ1) is 15.0. The van der Waals surface area contributed by atoms with Gasteiger partial charge in [-0.1, -0.05) is 6.07 Å². The van der Waals surface area contributed by atoms with Crippen LogP contribution in [0.1, 0.15) is 5.76 Å². The molecule has 24 heavy (non-hydrogen) atoms. The van der Waals surface area contributed by atoms with E-state index in [2.05, 4.69) is 26.7 Å². The topological polar surface area (TPSA) is 63.8 Å². The van der Waals surface area contributed by atoms with E-state index in [9.17, 15) is 0 Å². The van der Waals surface area contributed by atoms with Crippen LogP contribution in [-0.2, 0) is 6.42 Å². The molecule has 0 bridgehead atoms. The summed E-state index contributed by atoms with van der Waals surface area (Å²) in [5.74, 6) is 1.55. The first-order valence-electron chi connectivity index (χ1n) is 7.47. The monoisotopic (exact) mass is 354 g/mol. The molecule has 0 spiro atoms. The minimum atomic E-state index is 0.604. The van der Waals surface area contributed by atoms with Crippen LogP contribution in [0, 0.1) is 0 Å².